The first kappa shape index (κ1) is 21.5. The topological polar surface area (TPSA) is 102 Å². The van der Waals surface area contributed by atoms with Crippen molar-refractivity contribution in [3.8, 4) is 0 Å². The Balaban J connectivity index is 1.72. The van der Waals surface area contributed by atoms with Crippen LogP contribution in [0.15, 0.2) is 50.1 Å². The van der Waals surface area contributed by atoms with Gasteiger partial charge in [0.15, 0.2) is 5.16 Å². The minimum Gasteiger partial charge on any atom is -0.383 e. The lowest BCUT2D eigenvalue weighted by molar-refractivity contribution is -0.119. The summed E-state index contributed by atoms with van der Waals surface area (Å²) >= 11 is 5.75. The van der Waals surface area contributed by atoms with Crippen molar-refractivity contribution in [2.75, 3.05) is 19.5 Å². The second kappa shape index (κ2) is 10.0. The number of thioether (sulfide) groups is 1. The fourth-order valence-corrected chi connectivity index (χ4v) is 4.23. The molecule has 29 heavy (non-hydrogen) atoms. The van der Waals surface area contributed by atoms with E-state index in [-0.39, 0.29) is 17.2 Å². The number of hydrogen-bond donors (Lipinski definition) is 2. The zero-order chi connectivity index (χ0) is 20.8. The molecule has 2 N–H and O–H groups in total. The number of fused-ring (bicyclic) bond motifs is 1. The van der Waals surface area contributed by atoms with E-state index in [1.807, 2.05) is 0 Å². The molecule has 8 nitrogen and oxygen atoms in total. The number of carbonyl (C=O) groups excluding carboxylic acids is 2. The predicted octanol–water partition coefficient (Wildman–Crippen LogP) is 2.42. The van der Waals surface area contributed by atoms with Crippen molar-refractivity contribution in [2.24, 2.45) is 0 Å². The van der Waals surface area contributed by atoms with E-state index < -0.39 is 5.91 Å². The lowest BCUT2D eigenvalue weighted by atomic mass is 10.2. The van der Waals surface area contributed by atoms with Crippen molar-refractivity contribution in [1.82, 2.24) is 20.4 Å². The molecule has 152 valence electrons. The molecule has 0 aliphatic rings. The number of benzene rings is 1. The first-order chi connectivity index (χ1) is 14.0. The zero-order valence-electron chi connectivity index (χ0n) is 15.3. The van der Waals surface area contributed by atoms with Gasteiger partial charge in [0, 0.05) is 11.6 Å². The zero-order valence-corrected chi connectivity index (χ0v) is 18.5. The Kier molecular flexibility index (Phi) is 7.42. The van der Waals surface area contributed by atoms with Gasteiger partial charge in [0.1, 0.15) is 0 Å². The smallest absolute Gasteiger partial charge is 0.279 e. The number of rotatable bonds is 7. The first-order valence-corrected chi connectivity index (χ1v) is 11.1. The van der Waals surface area contributed by atoms with Crippen LogP contribution in [0.2, 0.25) is 0 Å². The van der Waals surface area contributed by atoms with Crippen LogP contribution in [0.25, 0.3) is 10.9 Å². The average molecular weight is 497 g/mol. The molecule has 0 fully saturated rings. The number of nitrogens with one attached hydrogen (secondary N) is 2. The summed E-state index contributed by atoms with van der Waals surface area (Å²) in [7, 11) is 1.55. The van der Waals surface area contributed by atoms with E-state index in [9.17, 15) is 14.4 Å². The molecule has 0 radical (unpaired) electrons. The maximum Gasteiger partial charge on any atom is 0.279 e. The van der Waals surface area contributed by atoms with Gasteiger partial charge in [-0.15, -0.1) is 11.3 Å². The van der Waals surface area contributed by atoms with Gasteiger partial charge in [0.25, 0.3) is 11.5 Å². The van der Waals surface area contributed by atoms with Crippen LogP contribution in [0.4, 0.5) is 0 Å². The molecule has 0 spiro atoms. The summed E-state index contributed by atoms with van der Waals surface area (Å²) in [5.74, 6) is -0.820. The summed E-state index contributed by atoms with van der Waals surface area (Å²) in [6, 6.07) is 8.67. The molecule has 11 heteroatoms. The highest BCUT2D eigenvalue weighted by atomic mass is 79.9. The van der Waals surface area contributed by atoms with Gasteiger partial charge in [-0.1, -0.05) is 33.8 Å². The molecule has 0 aliphatic carbocycles. The van der Waals surface area contributed by atoms with Gasteiger partial charge in [-0.05, 0) is 29.6 Å². The van der Waals surface area contributed by atoms with Gasteiger partial charge in [-0.3, -0.25) is 29.8 Å². The highest BCUT2D eigenvalue weighted by Gasteiger charge is 2.14. The van der Waals surface area contributed by atoms with Crippen molar-refractivity contribution in [3.05, 3.63) is 55.4 Å². The largest absolute Gasteiger partial charge is 0.383 e. The number of ether oxygens (including phenoxy) is 1. The minimum absolute atomic E-state index is 0.0216. The summed E-state index contributed by atoms with van der Waals surface area (Å²) in [4.78, 5) is 41.9. The maximum atomic E-state index is 12.9. The number of nitrogens with zero attached hydrogens (tertiary/aromatic N) is 2. The fraction of sp³-hybridized carbons (Fsp3) is 0.222. The Morgan fingerprint density at radius 2 is 2.14 bits per heavy atom. The fourth-order valence-electron chi connectivity index (χ4n) is 2.42. The van der Waals surface area contributed by atoms with Crippen molar-refractivity contribution in [1.29, 1.82) is 0 Å². The van der Waals surface area contributed by atoms with Crippen LogP contribution in [0.5, 0.6) is 0 Å². The molecule has 0 atom stereocenters. The Labute approximate surface area is 182 Å². The summed E-state index contributed by atoms with van der Waals surface area (Å²) < 4.78 is 7.35. The number of halogens is 1. The summed E-state index contributed by atoms with van der Waals surface area (Å²) in [5, 5.41) is 2.66. The van der Waals surface area contributed by atoms with E-state index in [1.165, 1.54) is 15.9 Å². The molecule has 3 rings (SSSR count). The Morgan fingerprint density at radius 3 is 2.86 bits per heavy atom. The summed E-state index contributed by atoms with van der Waals surface area (Å²) in [5.41, 5.74) is 5.06. The number of methoxy groups -OCH3 is 1. The highest BCUT2D eigenvalue weighted by molar-refractivity contribution is 9.10. The van der Waals surface area contributed by atoms with Crippen LogP contribution in [0.3, 0.4) is 0 Å². The number of amides is 2. The Morgan fingerprint density at radius 1 is 1.31 bits per heavy atom. The molecular formula is C18H17BrN4O4S2. The van der Waals surface area contributed by atoms with Crippen LogP contribution in [-0.2, 0) is 16.1 Å². The maximum absolute atomic E-state index is 12.9. The van der Waals surface area contributed by atoms with E-state index >= 15 is 0 Å². The summed E-state index contributed by atoms with van der Waals surface area (Å²) in [6.07, 6.45) is 0. The van der Waals surface area contributed by atoms with Crippen LogP contribution in [0.1, 0.15) is 9.67 Å². The van der Waals surface area contributed by atoms with Crippen LogP contribution < -0.4 is 16.4 Å². The lowest BCUT2D eigenvalue weighted by Crippen LogP contribution is -2.42. The van der Waals surface area contributed by atoms with E-state index in [2.05, 4.69) is 31.8 Å². The Bertz CT molecular complexity index is 1090. The molecule has 0 saturated carbocycles. The molecule has 2 heterocycles. The van der Waals surface area contributed by atoms with Gasteiger partial charge >= 0.3 is 0 Å². The SMILES string of the molecule is COCCn1c(SCC(=O)NNC(=O)c2cccs2)nc2ccc(Br)cc2c1=O. The van der Waals surface area contributed by atoms with E-state index in [4.69, 9.17) is 4.74 Å². The molecule has 0 unspecified atom stereocenters. The van der Waals surface area contributed by atoms with Crippen molar-refractivity contribution >= 4 is 61.7 Å². The van der Waals surface area contributed by atoms with Crippen molar-refractivity contribution < 1.29 is 14.3 Å². The highest BCUT2D eigenvalue weighted by Crippen LogP contribution is 2.20. The minimum atomic E-state index is -0.414. The standard InChI is InChI=1S/C18H17BrN4O4S2/c1-27-7-6-23-17(26)12-9-11(19)4-5-13(12)20-18(23)29-10-15(24)21-22-16(25)14-3-2-8-28-14/h2-5,8-9H,6-7,10H2,1H3,(H,21,24)(H,22,25). The molecule has 3 aromatic rings. The number of carbonyl (C=O) groups is 2. The van der Waals surface area contributed by atoms with Crippen molar-refractivity contribution in [2.45, 2.75) is 11.7 Å². The van der Waals surface area contributed by atoms with Gasteiger partial charge in [0.2, 0.25) is 5.91 Å². The van der Waals surface area contributed by atoms with Crippen molar-refractivity contribution in [3.63, 3.8) is 0 Å². The molecule has 0 bridgehead atoms. The average Bonchev–Trinajstić information content (AvgIpc) is 3.25. The first-order valence-electron chi connectivity index (χ1n) is 8.44. The Hall–Kier alpha value is -2.21. The number of hydrazine groups is 1. The molecule has 1 aromatic carbocycles. The monoisotopic (exact) mass is 496 g/mol. The van der Waals surface area contributed by atoms with E-state index in [0.29, 0.717) is 34.1 Å². The summed E-state index contributed by atoms with van der Waals surface area (Å²) in [6.45, 7) is 0.640. The van der Waals surface area contributed by atoms with Crippen LogP contribution in [-0.4, -0.2) is 40.8 Å². The number of aromatic nitrogens is 2. The van der Waals surface area contributed by atoms with Gasteiger partial charge in [-0.2, -0.15) is 0 Å². The van der Waals surface area contributed by atoms with Crippen LogP contribution in [0, 0.1) is 0 Å². The van der Waals surface area contributed by atoms with Crippen LogP contribution >= 0.6 is 39.0 Å². The molecular weight excluding hydrogens is 480 g/mol. The molecule has 2 amide bonds. The molecule has 2 aromatic heterocycles. The van der Waals surface area contributed by atoms with Gasteiger partial charge in [-0.25, -0.2) is 4.98 Å². The lowest BCUT2D eigenvalue weighted by Gasteiger charge is -2.13. The van der Waals surface area contributed by atoms with Gasteiger partial charge in [0.05, 0.1) is 34.7 Å². The van der Waals surface area contributed by atoms with E-state index in [0.717, 1.165) is 16.2 Å². The van der Waals surface area contributed by atoms with Gasteiger partial charge < -0.3 is 4.74 Å². The predicted molar refractivity (Wildman–Crippen MR) is 116 cm³/mol. The second-order valence-electron chi connectivity index (χ2n) is 5.77. The number of thiophene rings is 1. The normalized spacial score (nSPS) is 10.8. The van der Waals surface area contributed by atoms with E-state index in [1.54, 1.807) is 42.8 Å². The number of hydrogen-bond acceptors (Lipinski definition) is 7. The third kappa shape index (κ3) is 5.44. The second-order valence-corrected chi connectivity index (χ2v) is 8.58. The third-order valence-electron chi connectivity index (χ3n) is 3.79. The quantitative estimate of drug-likeness (QED) is 0.295. The molecule has 0 aliphatic heterocycles. The third-order valence-corrected chi connectivity index (χ3v) is 6.13. The molecule has 0 saturated heterocycles.